The third-order valence-corrected chi connectivity index (χ3v) is 2.36. The topological polar surface area (TPSA) is 35.2 Å². The van der Waals surface area contributed by atoms with E-state index in [1.165, 1.54) is 0 Å². The van der Waals surface area contributed by atoms with Crippen molar-refractivity contribution in [2.24, 2.45) is 17.1 Å². The van der Waals surface area contributed by atoms with E-state index in [0.717, 1.165) is 19.4 Å². The molecule has 0 aliphatic rings. The number of ether oxygens (including phenoxy) is 1. The Hall–Kier alpha value is -0.0800. The molecule has 0 saturated heterocycles. The van der Waals surface area contributed by atoms with Crippen LogP contribution in [0, 0.1) is 11.3 Å². The molecule has 0 fully saturated rings. The van der Waals surface area contributed by atoms with Gasteiger partial charge in [0.15, 0.2) is 0 Å². The van der Waals surface area contributed by atoms with Crippen molar-refractivity contribution in [1.82, 2.24) is 0 Å². The van der Waals surface area contributed by atoms with Crippen LogP contribution < -0.4 is 5.73 Å². The number of hydrogen-bond donors (Lipinski definition) is 1. The second-order valence-electron chi connectivity index (χ2n) is 5.19. The van der Waals surface area contributed by atoms with E-state index in [0.29, 0.717) is 17.4 Å². The summed E-state index contributed by atoms with van der Waals surface area (Å²) in [5.74, 6) is 0.555. The Morgan fingerprint density at radius 3 is 2.23 bits per heavy atom. The van der Waals surface area contributed by atoms with Crippen molar-refractivity contribution in [3.05, 3.63) is 0 Å². The number of hydrogen-bond acceptors (Lipinski definition) is 2. The zero-order valence-electron chi connectivity index (χ0n) is 9.76. The molecule has 2 atom stereocenters. The fourth-order valence-corrected chi connectivity index (χ4v) is 1.43. The lowest BCUT2D eigenvalue weighted by Crippen LogP contribution is -2.33. The monoisotopic (exact) mass is 187 g/mol. The van der Waals surface area contributed by atoms with Crippen LogP contribution in [0.5, 0.6) is 0 Å². The Labute approximate surface area is 82.8 Å². The van der Waals surface area contributed by atoms with E-state index in [1.54, 1.807) is 7.11 Å². The maximum atomic E-state index is 6.09. The van der Waals surface area contributed by atoms with E-state index in [9.17, 15) is 0 Å². The Morgan fingerprint density at radius 1 is 1.31 bits per heavy atom. The molecule has 80 valence electrons. The van der Waals surface area contributed by atoms with Gasteiger partial charge < -0.3 is 10.5 Å². The molecule has 0 aromatic heterocycles. The first kappa shape index (κ1) is 12.9. The molecular formula is C11H25NO. The lowest BCUT2D eigenvalue weighted by Gasteiger charge is -2.27. The van der Waals surface area contributed by atoms with Crippen LogP contribution in [-0.2, 0) is 4.74 Å². The molecule has 0 aliphatic heterocycles. The maximum Gasteiger partial charge on any atom is 0.0465 e. The first-order valence-corrected chi connectivity index (χ1v) is 5.11. The van der Waals surface area contributed by atoms with Crippen LogP contribution in [-0.4, -0.2) is 19.8 Å². The summed E-state index contributed by atoms with van der Waals surface area (Å²) < 4.78 is 5.04. The average Bonchev–Trinajstić information content (AvgIpc) is 1.96. The molecule has 0 heterocycles. The van der Waals surface area contributed by atoms with Crippen LogP contribution in [0.2, 0.25) is 0 Å². The second kappa shape index (κ2) is 5.61. The quantitative estimate of drug-likeness (QED) is 0.717. The van der Waals surface area contributed by atoms with Gasteiger partial charge >= 0.3 is 0 Å². The normalized spacial score (nSPS) is 17.1. The molecule has 0 bridgehead atoms. The molecule has 0 spiro atoms. The fourth-order valence-electron chi connectivity index (χ4n) is 1.43. The summed E-state index contributed by atoms with van der Waals surface area (Å²) in [6.45, 7) is 9.72. The number of rotatable bonds is 5. The highest BCUT2D eigenvalue weighted by Crippen LogP contribution is 2.23. The van der Waals surface area contributed by atoms with Gasteiger partial charge in [0, 0.05) is 19.8 Å². The largest absolute Gasteiger partial charge is 0.385 e. The van der Waals surface area contributed by atoms with E-state index >= 15 is 0 Å². The van der Waals surface area contributed by atoms with Gasteiger partial charge in [0.05, 0.1) is 0 Å². The van der Waals surface area contributed by atoms with Crippen molar-refractivity contribution in [2.75, 3.05) is 13.7 Å². The Kier molecular flexibility index (Phi) is 5.57. The molecule has 0 aromatic carbocycles. The zero-order valence-corrected chi connectivity index (χ0v) is 9.76. The van der Waals surface area contributed by atoms with Crippen LogP contribution in [0.1, 0.15) is 40.5 Å². The van der Waals surface area contributed by atoms with Gasteiger partial charge in [-0.15, -0.1) is 0 Å². The Balaban J connectivity index is 3.75. The van der Waals surface area contributed by atoms with Gasteiger partial charge in [0.25, 0.3) is 0 Å². The van der Waals surface area contributed by atoms with Crippen LogP contribution in [0.4, 0.5) is 0 Å². The average molecular weight is 187 g/mol. The minimum absolute atomic E-state index is 0.301. The van der Waals surface area contributed by atoms with Gasteiger partial charge in [-0.2, -0.15) is 0 Å². The molecule has 0 rings (SSSR count). The fraction of sp³-hybridized carbons (Fsp3) is 1.00. The molecule has 2 nitrogen and oxygen atoms in total. The molecule has 0 aliphatic carbocycles. The Morgan fingerprint density at radius 2 is 1.85 bits per heavy atom. The van der Waals surface area contributed by atoms with Crippen molar-refractivity contribution in [3.8, 4) is 0 Å². The summed E-state index contributed by atoms with van der Waals surface area (Å²) in [4.78, 5) is 0. The maximum absolute atomic E-state index is 6.09. The summed E-state index contributed by atoms with van der Waals surface area (Å²) in [5, 5.41) is 0. The van der Waals surface area contributed by atoms with Crippen LogP contribution in [0.15, 0.2) is 0 Å². The summed E-state index contributed by atoms with van der Waals surface area (Å²) in [6.07, 6.45) is 2.14. The molecule has 0 amide bonds. The molecule has 0 aromatic rings. The summed E-state index contributed by atoms with van der Waals surface area (Å²) in [7, 11) is 1.74. The van der Waals surface area contributed by atoms with E-state index in [-0.39, 0.29) is 0 Å². The lowest BCUT2D eigenvalue weighted by molar-refractivity contribution is 0.167. The van der Waals surface area contributed by atoms with Crippen molar-refractivity contribution >= 4 is 0 Å². The minimum atomic E-state index is 0.301. The zero-order chi connectivity index (χ0) is 10.5. The molecule has 13 heavy (non-hydrogen) atoms. The SMILES string of the molecule is COCCC(C)C(N)CC(C)(C)C. The van der Waals surface area contributed by atoms with Crippen molar-refractivity contribution in [3.63, 3.8) is 0 Å². The molecule has 2 unspecified atom stereocenters. The van der Waals surface area contributed by atoms with Gasteiger partial charge in [0.2, 0.25) is 0 Å². The molecule has 0 saturated carbocycles. The third kappa shape index (κ3) is 7.03. The van der Waals surface area contributed by atoms with E-state index in [1.807, 2.05) is 0 Å². The molecule has 2 heteroatoms. The van der Waals surface area contributed by atoms with Gasteiger partial charge in [-0.05, 0) is 24.2 Å². The molecule has 2 N–H and O–H groups in total. The van der Waals surface area contributed by atoms with E-state index in [4.69, 9.17) is 10.5 Å². The second-order valence-corrected chi connectivity index (χ2v) is 5.19. The lowest BCUT2D eigenvalue weighted by atomic mass is 9.83. The van der Waals surface area contributed by atoms with E-state index < -0.39 is 0 Å². The smallest absolute Gasteiger partial charge is 0.0465 e. The third-order valence-electron chi connectivity index (χ3n) is 2.36. The predicted molar refractivity (Wildman–Crippen MR) is 57.7 cm³/mol. The van der Waals surface area contributed by atoms with Crippen molar-refractivity contribution in [1.29, 1.82) is 0 Å². The Bertz CT molecular complexity index is 129. The van der Waals surface area contributed by atoms with E-state index in [2.05, 4.69) is 27.7 Å². The summed E-state index contributed by atoms with van der Waals surface area (Å²) >= 11 is 0. The van der Waals surface area contributed by atoms with Crippen LogP contribution >= 0.6 is 0 Å². The summed E-state index contributed by atoms with van der Waals surface area (Å²) in [5.41, 5.74) is 6.42. The van der Waals surface area contributed by atoms with Crippen LogP contribution in [0.3, 0.4) is 0 Å². The summed E-state index contributed by atoms with van der Waals surface area (Å²) in [6, 6.07) is 0.301. The highest BCUT2D eigenvalue weighted by molar-refractivity contribution is 4.75. The predicted octanol–water partition coefficient (Wildman–Crippen LogP) is 2.42. The molecular weight excluding hydrogens is 162 g/mol. The van der Waals surface area contributed by atoms with Crippen molar-refractivity contribution < 1.29 is 4.74 Å². The first-order valence-electron chi connectivity index (χ1n) is 5.11. The minimum Gasteiger partial charge on any atom is -0.385 e. The highest BCUT2D eigenvalue weighted by Gasteiger charge is 2.19. The van der Waals surface area contributed by atoms with Crippen LogP contribution in [0.25, 0.3) is 0 Å². The molecule has 0 radical (unpaired) electrons. The van der Waals surface area contributed by atoms with Gasteiger partial charge in [-0.1, -0.05) is 27.7 Å². The van der Waals surface area contributed by atoms with Gasteiger partial charge in [-0.25, -0.2) is 0 Å². The highest BCUT2D eigenvalue weighted by atomic mass is 16.5. The first-order chi connectivity index (χ1) is 5.87. The van der Waals surface area contributed by atoms with Crippen molar-refractivity contribution in [2.45, 2.75) is 46.6 Å². The van der Waals surface area contributed by atoms with Gasteiger partial charge in [-0.3, -0.25) is 0 Å². The standard InChI is InChI=1S/C11H25NO/c1-9(6-7-13-5)10(12)8-11(2,3)4/h9-10H,6-8,12H2,1-5H3. The number of nitrogens with two attached hydrogens (primary N) is 1. The van der Waals surface area contributed by atoms with Gasteiger partial charge in [0.1, 0.15) is 0 Å². The number of methoxy groups -OCH3 is 1.